The van der Waals surface area contributed by atoms with Gasteiger partial charge in [0.25, 0.3) is 0 Å². The maximum absolute atomic E-state index is 3.53. The van der Waals surface area contributed by atoms with E-state index in [0.717, 1.165) is 30.1 Å². The highest BCUT2D eigenvalue weighted by Gasteiger charge is 2.19. The summed E-state index contributed by atoms with van der Waals surface area (Å²) in [5, 5.41) is 3.53. The van der Waals surface area contributed by atoms with Crippen LogP contribution in [-0.2, 0) is 6.54 Å². The van der Waals surface area contributed by atoms with Crippen LogP contribution in [0.15, 0.2) is 14.3 Å². The van der Waals surface area contributed by atoms with Gasteiger partial charge in [-0.3, -0.25) is 0 Å². The first kappa shape index (κ1) is 13.0. The second-order valence-corrected chi connectivity index (χ2v) is 7.61. The molecule has 0 spiro atoms. The van der Waals surface area contributed by atoms with E-state index >= 15 is 0 Å². The number of nitrogens with one attached hydrogen (secondary N) is 1. The number of hydrogen-bond acceptors (Lipinski definition) is 3. The smallest absolute Gasteiger partial charge is 0.0843 e. The zero-order valence-corrected chi connectivity index (χ0v) is 13.3. The molecule has 1 heterocycles. The Morgan fingerprint density at radius 2 is 2.25 bits per heavy atom. The minimum absolute atomic E-state index is 0.818. The Morgan fingerprint density at radius 3 is 2.81 bits per heavy atom. The quantitative estimate of drug-likeness (QED) is 0.828. The summed E-state index contributed by atoms with van der Waals surface area (Å²) in [4.78, 5) is 3.76. The lowest BCUT2D eigenvalue weighted by molar-refractivity contribution is 0.326. The molecule has 1 aliphatic carbocycles. The van der Waals surface area contributed by atoms with Crippen molar-refractivity contribution in [3.8, 4) is 0 Å². The SMILES string of the molecule is CN(CCNC1CC1)Cc1cc(Br)c(Br)s1. The van der Waals surface area contributed by atoms with Crippen LogP contribution in [0.25, 0.3) is 0 Å². The van der Waals surface area contributed by atoms with Gasteiger partial charge in [0.1, 0.15) is 0 Å². The molecule has 0 amide bonds. The van der Waals surface area contributed by atoms with E-state index in [-0.39, 0.29) is 0 Å². The number of nitrogens with zero attached hydrogens (tertiary/aromatic N) is 1. The van der Waals surface area contributed by atoms with Gasteiger partial charge in [-0.25, -0.2) is 0 Å². The largest absolute Gasteiger partial charge is 0.313 e. The molecule has 1 aromatic rings. The van der Waals surface area contributed by atoms with Gasteiger partial charge in [0.15, 0.2) is 0 Å². The third-order valence-electron chi connectivity index (χ3n) is 2.63. The van der Waals surface area contributed by atoms with Gasteiger partial charge in [0, 0.05) is 35.0 Å². The Hall–Kier alpha value is 0.580. The summed E-state index contributed by atoms with van der Waals surface area (Å²) >= 11 is 8.85. The van der Waals surface area contributed by atoms with Crippen LogP contribution in [0.2, 0.25) is 0 Å². The molecule has 1 aromatic heterocycles. The Balaban J connectivity index is 1.70. The molecule has 1 saturated carbocycles. The molecule has 0 unspecified atom stereocenters. The molecule has 16 heavy (non-hydrogen) atoms. The Morgan fingerprint density at radius 1 is 1.50 bits per heavy atom. The van der Waals surface area contributed by atoms with Crippen molar-refractivity contribution in [1.82, 2.24) is 10.2 Å². The Labute approximate surface area is 118 Å². The summed E-state index contributed by atoms with van der Waals surface area (Å²) in [5.74, 6) is 0. The van der Waals surface area contributed by atoms with Gasteiger partial charge < -0.3 is 10.2 Å². The van der Waals surface area contributed by atoms with Gasteiger partial charge in [-0.15, -0.1) is 11.3 Å². The molecule has 90 valence electrons. The van der Waals surface area contributed by atoms with Crippen molar-refractivity contribution in [1.29, 1.82) is 0 Å². The van der Waals surface area contributed by atoms with Gasteiger partial charge in [-0.05, 0) is 57.8 Å². The monoisotopic (exact) mass is 366 g/mol. The predicted molar refractivity (Wildman–Crippen MR) is 77.1 cm³/mol. The normalized spacial score (nSPS) is 16.0. The first-order valence-corrected chi connectivity index (χ1v) is 7.91. The van der Waals surface area contributed by atoms with E-state index in [1.54, 1.807) is 11.3 Å². The lowest BCUT2D eigenvalue weighted by Gasteiger charge is -2.15. The van der Waals surface area contributed by atoms with Gasteiger partial charge >= 0.3 is 0 Å². The molecule has 0 bridgehead atoms. The number of thiophene rings is 1. The molecule has 0 atom stereocenters. The van der Waals surface area contributed by atoms with Crippen LogP contribution < -0.4 is 5.32 Å². The molecule has 2 rings (SSSR count). The molecular weight excluding hydrogens is 352 g/mol. The molecule has 2 nitrogen and oxygen atoms in total. The third-order valence-corrected chi connectivity index (χ3v) is 5.87. The van der Waals surface area contributed by atoms with Crippen molar-refractivity contribution in [3.05, 3.63) is 19.2 Å². The number of likely N-dealkylation sites (N-methyl/N-ethyl adjacent to an activating group) is 1. The number of halogens is 2. The average molecular weight is 368 g/mol. The van der Waals surface area contributed by atoms with Crippen molar-refractivity contribution in [3.63, 3.8) is 0 Å². The standard InChI is InChI=1S/C11H16Br2N2S/c1-15(5-4-14-8-2-3-8)7-9-6-10(12)11(13)16-9/h6,8,14H,2-5,7H2,1H3. The minimum atomic E-state index is 0.818. The van der Waals surface area contributed by atoms with E-state index in [9.17, 15) is 0 Å². The van der Waals surface area contributed by atoms with Crippen LogP contribution in [0.5, 0.6) is 0 Å². The zero-order valence-electron chi connectivity index (χ0n) is 9.30. The fourth-order valence-electron chi connectivity index (χ4n) is 1.56. The van der Waals surface area contributed by atoms with E-state index in [1.807, 2.05) is 0 Å². The maximum Gasteiger partial charge on any atom is 0.0843 e. The first-order valence-electron chi connectivity index (χ1n) is 5.51. The molecular formula is C11H16Br2N2S. The van der Waals surface area contributed by atoms with Gasteiger partial charge in [0.2, 0.25) is 0 Å². The van der Waals surface area contributed by atoms with Crippen LogP contribution in [0, 0.1) is 0 Å². The van der Waals surface area contributed by atoms with Gasteiger partial charge in [-0.1, -0.05) is 0 Å². The summed E-state index contributed by atoms with van der Waals surface area (Å²) in [5.41, 5.74) is 0. The van der Waals surface area contributed by atoms with Crippen molar-refractivity contribution >= 4 is 43.2 Å². The van der Waals surface area contributed by atoms with E-state index in [2.05, 4.69) is 55.2 Å². The van der Waals surface area contributed by atoms with E-state index < -0.39 is 0 Å². The highest BCUT2D eigenvalue weighted by Crippen LogP contribution is 2.32. The van der Waals surface area contributed by atoms with Crippen LogP contribution >= 0.6 is 43.2 Å². The minimum Gasteiger partial charge on any atom is -0.313 e. The van der Waals surface area contributed by atoms with Crippen LogP contribution in [0.1, 0.15) is 17.7 Å². The third kappa shape index (κ3) is 4.11. The summed E-state index contributed by atoms with van der Waals surface area (Å²) in [7, 11) is 2.18. The number of rotatable bonds is 6. The van der Waals surface area contributed by atoms with Crippen LogP contribution in [0.3, 0.4) is 0 Å². The lowest BCUT2D eigenvalue weighted by Crippen LogP contribution is -2.29. The molecule has 5 heteroatoms. The predicted octanol–water partition coefficient (Wildman–Crippen LogP) is 3.46. The van der Waals surface area contributed by atoms with Crippen LogP contribution in [-0.4, -0.2) is 31.1 Å². The fraction of sp³-hybridized carbons (Fsp3) is 0.636. The van der Waals surface area contributed by atoms with Gasteiger partial charge in [-0.2, -0.15) is 0 Å². The van der Waals surface area contributed by atoms with E-state index in [1.165, 1.54) is 21.5 Å². The highest BCUT2D eigenvalue weighted by atomic mass is 79.9. The molecule has 0 aliphatic heterocycles. The lowest BCUT2D eigenvalue weighted by atomic mass is 10.4. The Kier molecular flexibility index (Phi) is 4.85. The van der Waals surface area contributed by atoms with E-state index in [4.69, 9.17) is 0 Å². The molecule has 0 saturated heterocycles. The molecule has 1 aliphatic rings. The maximum atomic E-state index is 3.53. The summed E-state index contributed by atoms with van der Waals surface area (Å²) in [6.07, 6.45) is 2.74. The summed E-state index contributed by atoms with van der Waals surface area (Å²) in [6.45, 7) is 3.25. The summed E-state index contributed by atoms with van der Waals surface area (Å²) in [6, 6.07) is 3.01. The van der Waals surface area contributed by atoms with Crippen LogP contribution in [0.4, 0.5) is 0 Å². The highest BCUT2D eigenvalue weighted by molar-refractivity contribution is 9.13. The first-order chi connectivity index (χ1) is 7.65. The Bertz CT molecular complexity index is 330. The van der Waals surface area contributed by atoms with Gasteiger partial charge in [0.05, 0.1) is 3.79 Å². The molecule has 1 fully saturated rings. The second kappa shape index (κ2) is 5.96. The topological polar surface area (TPSA) is 15.3 Å². The second-order valence-electron chi connectivity index (χ2n) is 4.30. The number of hydrogen-bond donors (Lipinski definition) is 1. The average Bonchev–Trinajstić information content (AvgIpc) is 2.96. The summed E-state index contributed by atoms with van der Waals surface area (Å²) < 4.78 is 2.35. The van der Waals surface area contributed by atoms with Crippen molar-refractivity contribution in [2.75, 3.05) is 20.1 Å². The van der Waals surface area contributed by atoms with Crippen molar-refractivity contribution < 1.29 is 0 Å². The molecule has 0 aromatic carbocycles. The fourth-order valence-corrected chi connectivity index (χ4v) is 3.82. The molecule has 0 radical (unpaired) electrons. The molecule has 1 N–H and O–H groups in total. The van der Waals surface area contributed by atoms with Crippen molar-refractivity contribution in [2.45, 2.75) is 25.4 Å². The van der Waals surface area contributed by atoms with Crippen molar-refractivity contribution in [2.24, 2.45) is 0 Å². The van der Waals surface area contributed by atoms with E-state index in [0.29, 0.717) is 0 Å². The zero-order chi connectivity index (χ0) is 11.5.